The maximum absolute atomic E-state index is 5.96. The van der Waals surface area contributed by atoms with Crippen LogP contribution in [0.15, 0.2) is 21.0 Å². The van der Waals surface area contributed by atoms with Crippen molar-refractivity contribution in [2.75, 3.05) is 0 Å². The molecule has 0 saturated heterocycles. The summed E-state index contributed by atoms with van der Waals surface area (Å²) in [5.41, 5.74) is 2.49. The predicted molar refractivity (Wildman–Crippen MR) is 92.3 cm³/mol. The van der Waals surface area contributed by atoms with Crippen molar-refractivity contribution in [2.45, 2.75) is 79.1 Å². The van der Waals surface area contributed by atoms with Crippen LogP contribution in [0.2, 0.25) is 0 Å². The van der Waals surface area contributed by atoms with Gasteiger partial charge in [-0.25, -0.2) is 0 Å². The van der Waals surface area contributed by atoms with Gasteiger partial charge in [-0.05, 0) is 38.8 Å². The van der Waals surface area contributed by atoms with Crippen LogP contribution in [0.25, 0.3) is 11.1 Å². The van der Waals surface area contributed by atoms with Gasteiger partial charge in [-0.1, -0.05) is 39.5 Å². The highest BCUT2D eigenvalue weighted by molar-refractivity contribution is 5.68. The number of furan rings is 2. The van der Waals surface area contributed by atoms with Gasteiger partial charge in [0.15, 0.2) is 0 Å². The van der Waals surface area contributed by atoms with Crippen LogP contribution in [0.4, 0.5) is 0 Å². The molecule has 0 amide bonds. The largest absolute Gasteiger partial charge is 0.466 e. The monoisotopic (exact) mass is 302 g/mol. The zero-order valence-electron chi connectivity index (χ0n) is 14.6. The van der Waals surface area contributed by atoms with Gasteiger partial charge in [0.05, 0.1) is 0 Å². The molecule has 22 heavy (non-hydrogen) atoms. The molecule has 122 valence electrons. The number of aryl methyl sites for hydroxylation is 4. The fourth-order valence-corrected chi connectivity index (χ4v) is 3.02. The molecule has 0 aliphatic heterocycles. The van der Waals surface area contributed by atoms with Gasteiger partial charge in [-0.3, -0.25) is 0 Å². The first-order valence-electron chi connectivity index (χ1n) is 8.84. The zero-order valence-corrected chi connectivity index (χ0v) is 14.6. The molecule has 0 bridgehead atoms. The molecule has 0 radical (unpaired) electrons. The number of hydrogen-bond donors (Lipinski definition) is 0. The fraction of sp³-hybridized carbons (Fsp3) is 0.600. The van der Waals surface area contributed by atoms with Gasteiger partial charge in [-0.2, -0.15) is 0 Å². The minimum absolute atomic E-state index is 1.000. The zero-order chi connectivity index (χ0) is 15.9. The van der Waals surface area contributed by atoms with E-state index in [9.17, 15) is 0 Å². The lowest BCUT2D eigenvalue weighted by molar-refractivity contribution is 0.470. The molecule has 0 atom stereocenters. The van der Waals surface area contributed by atoms with E-state index in [0.717, 1.165) is 35.9 Å². The maximum Gasteiger partial charge on any atom is 0.112 e. The molecule has 0 unspecified atom stereocenters. The number of unbranched alkanes of at least 4 members (excludes halogenated alkanes) is 4. The summed E-state index contributed by atoms with van der Waals surface area (Å²) < 4.78 is 11.9. The molecule has 2 aromatic heterocycles. The first-order chi connectivity index (χ1) is 10.7. The molecule has 0 fully saturated rings. The molecular weight excluding hydrogens is 272 g/mol. The minimum Gasteiger partial charge on any atom is -0.466 e. The third-order valence-electron chi connectivity index (χ3n) is 4.17. The van der Waals surface area contributed by atoms with Gasteiger partial charge >= 0.3 is 0 Å². The van der Waals surface area contributed by atoms with Gasteiger partial charge in [0, 0.05) is 24.0 Å². The van der Waals surface area contributed by atoms with E-state index in [-0.39, 0.29) is 0 Å². The number of hydrogen-bond acceptors (Lipinski definition) is 2. The second-order valence-electron chi connectivity index (χ2n) is 6.30. The average molecular weight is 302 g/mol. The van der Waals surface area contributed by atoms with Gasteiger partial charge in [0.2, 0.25) is 0 Å². The summed E-state index contributed by atoms with van der Waals surface area (Å²) in [7, 11) is 0. The van der Waals surface area contributed by atoms with Crippen LogP contribution < -0.4 is 0 Å². The van der Waals surface area contributed by atoms with Crippen molar-refractivity contribution in [1.82, 2.24) is 0 Å². The van der Waals surface area contributed by atoms with Crippen molar-refractivity contribution in [2.24, 2.45) is 0 Å². The third-order valence-corrected chi connectivity index (χ3v) is 4.17. The Kier molecular flexibility index (Phi) is 6.35. The van der Waals surface area contributed by atoms with E-state index in [4.69, 9.17) is 8.83 Å². The van der Waals surface area contributed by atoms with Crippen LogP contribution in [0.3, 0.4) is 0 Å². The van der Waals surface area contributed by atoms with Gasteiger partial charge in [0.1, 0.15) is 23.0 Å². The van der Waals surface area contributed by atoms with Gasteiger partial charge < -0.3 is 8.83 Å². The van der Waals surface area contributed by atoms with Crippen LogP contribution in [-0.2, 0) is 12.8 Å². The van der Waals surface area contributed by atoms with E-state index in [1.807, 2.05) is 13.8 Å². The summed E-state index contributed by atoms with van der Waals surface area (Å²) in [6.07, 6.45) is 9.42. The number of rotatable bonds is 9. The van der Waals surface area contributed by atoms with Crippen molar-refractivity contribution >= 4 is 0 Å². The van der Waals surface area contributed by atoms with Gasteiger partial charge in [-0.15, -0.1) is 0 Å². The van der Waals surface area contributed by atoms with E-state index in [1.54, 1.807) is 0 Å². The van der Waals surface area contributed by atoms with Crippen molar-refractivity contribution in [3.05, 3.63) is 35.2 Å². The lowest BCUT2D eigenvalue weighted by Crippen LogP contribution is -1.90. The summed E-state index contributed by atoms with van der Waals surface area (Å²) in [6, 6.07) is 4.35. The first kappa shape index (κ1) is 16.9. The van der Waals surface area contributed by atoms with Crippen molar-refractivity contribution in [3.8, 4) is 11.1 Å². The molecule has 0 spiro atoms. The molecule has 0 aliphatic carbocycles. The Morgan fingerprint density at radius 3 is 1.45 bits per heavy atom. The van der Waals surface area contributed by atoms with E-state index in [1.165, 1.54) is 49.7 Å². The van der Waals surface area contributed by atoms with Crippen LogP contribution in [0.1, 0.15) is 75.4 Å². The van der Waals surface area contributed by atoms with Crippen LogP contribution >= 0.6 is 0 Å². The van der Waals surface area contributed by atoms with Crippen LogP contribution in [-0.4, -0.2) is 0 Å². The van der Waals surface area contributed by atoms with Gasteiger partial charge in [0.25, 0.3) is 0 Å². The summed E-state index contributed by atoms with van der Waals surface area (Å²) in [5.74, 6) is 4.26. The molecule has 0 aromatic carbocycles. The van der Waals surface area contributed by atoms with E-state index >= 15 is 0 Å². The normalized spacial score (nSPS) is 11.3. The Balaban J connectivity index is 2.23. The summed E-state index contributed by atoms with van der Waals surface area (Å²) in [5, 5.41) is 0. The first-order valence-corrected chi connectivity index (χ1v) is 8.84. The molecule has 2 aromatic rings. The lowest BCUT2D eigenvalue weighted by Gasteiger charge is -2.04. The summed E-state index contributed by atoms with van der Waals surface area (Å²) >= 11 is 0. The standard InChI is InChI=1S/C20H30O2/c1-5-7-9-11-19-17(13-15(3)21-19)18-14-16(4)22-20(18)12-10-8-6-2/h13-14H,5-12H2,1-4H3. The lowest BCUT2D eigenvalue weighted by atomic mass is 10.0. The van der Waals surface area contributed by atoms with E-state index in [2.05, 4.69) is 26.0 Å². The Morgan fingerprint density at radius 2 is 1.09 bits per heavy atom. The fourth-order valence-electron chi connectivity index (χ4n) is 3.02. The van der Waals surface area contributed by atoms with Crippen molar-refractivity contribution < 1.29 is 8.83 Å². The third kappa shape index (κ3) is 4.28. The Morgan fingerprint density at radius 1 is 0.682 bits per heavy atom. The molecule has 0 aliphatic rings. The SMILES string of the molecule is CCCCCc1oc(C)cc1-c1cc(C)oc1CCCCC. The van der Waals surface area contributed by atoms with Crippen molar-refractivity contribution in [3.63, 3.8) is 0 Å². The molecule has 0 saturated carbocycles. The van der Waals surface area contributed by atoms with Crippen LogP contribution in [0, 0.1) is 13.8 Å². The average Bonchev–Trinajstić information content (AvgIpc) is 3.02. The Labute approximate surface area is 134 Å². The highest BCUT2D eigenvalue weighted by atomic mass is 16.3. The quantitative estimate of drug-likeness (QED) is 0.486. The highest BCUT2D eigenvalue weighted by Crippen LogP contribution is 2.34. The second-order valence-corrected chi connectivity index (χ2v) is 6.30. The molecule has 2 rings (SSSR count). The Bertz CT molecular complexity index is 522. The summed E-state index contributed by atoms with van der Waals surface area (Å²) in [6.45, 7) is 8.55. The van der Waals surface area contributed by atoms with Crippen LogP contribution in [0.5, 0.6) is 0 Å². The smallest absolute Gasteiger partial charge is 0.112 e. The highest BCUT2D eigenvalue weighted by Gasteiger charge is 2.17. The topological polar surface area (TPSA) is 26.3 Å². The second kappa shape index (κ2) is 8.26. The molecule has 2 heteroatoms. The molecule has 0 N–H and O–H groups in total. The predicted octanol–water partition coefficient (Wildman–Crippen LogP) is 6.62. The minimum atomic E-state index is 1.000. The van der Waals surface area contributed by atoms with Crippen molar-refractivity contribution in [1.29, 1.82) is 0 Å². The molecule has 2 heterocycles. The van der Waals surface area contributed by atoms with E-state index in [0.29, 0.717) is 0 Å². The maximum atomic E-state index is 5.96. The summed E-state index contributed by atoms with van der Waals surface area (Å²) in [4.78, 5) is 0. The Hall–Kier alpha value is -1.44. The molecular formula is C20H30O2. The molecule has 2 nitrogen and oxygen atoms in total. The van der Waals surface area contributed by atoms with E-state index < -0.39 is 0 Å².